The van der Waals surface area contributed by atoms with E-state index in [2.05, 4.69) is 15.3 Å². The number of carbonyl (C=O) groups is 1. The number of aromatic hydroxyl groups is 1. The SMILES string of the molecule is O=C(O)NC1CCN(c2nc(-c3ccccc3O)nc3ccc(F)cc23)C1. The van der Waals surface area contributed by atoms with Gasteiger partial charge < -0.3 is 20.4 Å². The smallest absolute Gasteiger partial charge is 0.404 e. The number of para-hydroxylation sites is 1. The highest BCUT2D eigenvalue weighted by Gasteiger charge is 2.27. The fourth-order valence-electron chi connectivity index (χ4n) is 3.35. The second-order valence-electron chi connectivity index (χ2n) is 6.43. The van der Waals surface area contributed by atoms with Crippen molar-refractivity contribution in [3.63, 3.8) is 0 Å². The van der Waals surface area contributed by atoms with Crippen molar-refractivity contribution in [1.29, 1.82) is 0 Å². The molecule has 138 valence electrons. The summed E-state index contributed by atoms with van der Waals surface area (Å²) in [6, 6.07) is 10.8. The van der Waals surface area contributed by atoms with Gasteiger partial charge in [-0.1, -0.05) is 12.1 Å². The van der Waals surface area contributed by atoms with E-state index in [1.807, 2.05) is 4.90 Å². The summed E-state index contributed by atoms with van der Waals surface area (Å²) in [4.78, 5) is 21.9. The largest absolute Gasteiger partial charge is 0.507 e. The van der Waals surface area contributed by atoms with Crippen LogP contribution in [0.5, 0.6) is 5.75 Å². The molecule has 1 aromatic heterocycles. The average Bonchev–Trinajstić information content (AvgIpc) is 3.09. The minimum atomic E-state index is -1.07. The van der Waals surface area contributed by atoms with Gasteiger partial charge in [-0.3, -0.25) is 0 Å². The minimum absolute atomic E-state index is 0.0526. The zero-order chi connectivity index (χ0) is 19.0. The Labute approximate surface area is 154 Å². The zero-order valence-electron chi connectivity index (χ0n) is 14.3. The third-order valence-corrected chi connectivity index (χ3v) is 4.60. The molecule has 0 spiro atoms. The lowest BCUT2D eigenvalue weighted by Gasteiger charge is -2.20. The number of rotatable bonds is 3. The summed E-state index contributed by atoms with van der Waals surface area (Å²) in [7, 11) is 0. The van der Waals surface area contributed by atoms with E-state index in [0.717, 1.165) is 0 Å². The molecule has 1 fully saturated rings. The normalized spacial score (nSPS) is 16.6. The molecule has 8 heteroatoms. The maximum atomic E-state index is 13.8. The molecule has 0 aliphatic carbocycles. The lowest BCUT2D eigenvalue weighted by molar-refractivity contribution is 0.191. The Balaban J connectivity index is 1.82. The van der Waals surface area contributed by atoms with Crippen LogP contribution in [0.1, 0.15) is 6.42 Å². The van der Waals surface area contributed by atoms with Gasteiger partial charge in [0.1, 0.15) is 17.4 Å². The van der Waals surface area contributed by atoms with Gasteiger partial charge in [0.05, 0.1) is 17.1 Å². The lowest BCUT2D eigenvalue weighted by atomic mass is 10.1. The van der Waals surface area contributed by atoms with Crippen molar-refractivity contribution in [2.45, 2.75) is 12.5 Å². The number of hydrogen-bond acceptors (Lipinski definition) is 5. The molecule has 1 aliphatic heterocycles. The molecular formula is C19H17FN4O3. The third-order valence-electron chi connectivity index (χ3n) is 4.60. The van der Waals surface area contributed by atoms with Crippen molar-refractivity contribution in [3.8, 4) is 17.1 Å². The number of aromatic nitrogens is 2. The van der Waals surface area contributed by atoms with Gasteiger partial charge in [-0.15, -0.1) is 0 Å². The summed E-state index contributed by atoms with van der Waals surface area (Å²) in [6.07, 6.45) is -0.450. The standard InChI is InChI=1S/C19H17FN4O3/c20-11-5-6-15-14(9-11)18(24-8-7-12(10-24)21-19(26)27)23-17(22-15)13-3-1-2-4-16(13)25/h1-6,9,12,21,25H,7-8,10H2,(H,26,27). The number of hydrogen-bond donors (Lipinski definition) is 3. The molecule has 2 heterocycles. The average molecular weight is 368 g/mol. The van der Waals surface area contributed by atoms with Crippen LogP contribution in [0, 0.1) is 5.82 Å². The molecule has 1 unspecified atom stereocenters. The Bertz CT molecular complexity index is 1030. The number of carboxylic acid groups (broad SMARTS) is 1. The molecule has 0 saturated carbocycles. The maximum Gasteiger partial charge on any atom is 0.404 e. The van der Waals surface area contributed by atoms with Gasteiger partial charge in [0.25, 0.3) is 0 Å². The highest BCUT2D eigenvalue weighted by molar-refractivity contribution is 5.91. The predicted molar refractivity (Wildman–Crippen MR) is 98.4 cm³/mol. The Morgan fingerprint density at radius 3 is 2.81 bits per heavy atom. The van der Waals surface area contributed by atoms with E-state index in [1.54, 1.807) is 30.3 Å². The van der Waals surface area contributed by atoms with Crippen molar-refractivity contribution >= 4 is 22.8 Å². The molecule has 0 bridgehead atoms. The van der Waals surface area contributed by atoms with Crippen LogP contribution >= 0.6 is 0 Å². The van der Waals surface area contributed by atoms with E-state index >= 15 is 0 Å². The molecular weight excluding hydrogens is 351 g/mol. The fraction of sp³-hybridized carbons (Fsp3) is 0.211. The number of anilines is 1. The molecule has 2 aromatic carbocycles. The third kappa shape index (κ3) is 3.33. The second kappa shape index (κ2) is 6.71. The van der Waals surface area contributed by atoms with Crippen LogP contribution in [0.15, 0.2) is 42.5 Å². The predicted octanol–water partition coefficient (Wildman–Crippen LogP) is 2.99. The van der Waals surface area contributed by atoms with Gasteiger partial charge in [-0.2, -0.15) is 0 Å². The Morgan fingerprint density at radius 2 is 2.04 bits per heavy atom. The molecule has 0 radical (unpaired) electrons. The van der Waals surface area contributed by atoms with Crippen molar-refractivity contribution in [1.82, 2.24) is 15.3 Å². The zero-order valence-corrected chi connectivity index (χ0v) is 14.3. The number of phenols is 1. The van der Waals surface area contributed by atoms with Crippen LogP contribution in [-0.2, 0) is 0 Å². The van der Waals surface area contributed by atoms with Gasteiger partial charge in [0.15, 0.2) is 5.82 Å². The summed E-state index contributed by atoms with van der Waals surface area (Å²) in [5.74, 6) is 0.503. The number of amides is 1. The van der Waals surface area contributed by atoms with Gasteiger partial charge in [-0.25, -0.2) is 19.2 Å². The first kappa shape index (κ1) is 17.0. The highest BCUT2D eigenvalue weighted by atomic mass is 19.1. The molecule has 7 nitrogen and oxygen atoms in total. The Kier molecular flexibility index (Phi) is 4.23. The monoisotopic (exact) mass is 368 g/mol. The lowest BCUT2D eigenvalue weighted by Crippen LogP contribution is -2.36. The van der Waals surface area contributed by atoms with Crippen molar-refractivity contribution < 1.29 is 19.4 Å². The Hall–Kier alpha value is -3.42. The van der Waals surface area contributed by atoms with Crippen LogP contribution < -0.4 is 10.2 Å². The van der Waals surface area contributed by atoms with Crippen LogP contribution in [0.2, 0.25) is 0 Å². The summed E-state index contributed by atoms with van der Waals surface area (Å²) >= 11 is 0. The number of benzene rings is 2. The second-order valence-corrected chi connectivity index (χ2v) is 6.43. The van der Waals surface area contributed by atoms with Gasteiger partial charge >= 0.3 is 6.09 Å². The van der Waals surface area contributed by atoms with E-state index < -0.39 is 11.9 Å². The first-order chi connectivity index (χ1) is 13.0. The molecule has 1 aliphatic rings. The summed E-state index contributed by atoms with van der Waals surface area (Å²) in [5.41, 5.74) is 1.03. The van der Waals surface area contributed by atoms with Crippen LogP contribution in [-0.4, -0.2) is 45.4 Å². The van der Waals surface area contributed by atoms with Gasteiger partial charge in [0, 0.05) is 18.5 Å². The van der Waals surface area contributed by atoms with Gasteiger partial charge in [-0.05, 0) is 36.8 Å². The summed E-state index contributed by atoms with van der Waals surface area (Å²) < 4.78 is 13.8. The van der Waals surface area contributed by atoms with Crippen molar-refractivity contribution in [2.75, 3.05) is 18.0 Å². The van der Waals surface area contributed by atoms with Crippen molar-refractivity contribution in [3.05, 3.63) is 48.3 Å². The quantitative estimate of drug-likeness (QED) is 0.657. The molecule has 1 atom stereocenters. The van der Waals surface area contributed by atoms with Crippen LogP contribution in [0.25, 0.3) is 22.3 Å². The number of fused-ring (bicyclic) bond motifs is 1. The fourth-order valence-corrected chi connectivity index (χ4v) is 3.35. The van der Waals surface area contributed by atoms with Crippen molar-refractivity contribution in [2.24, 2.45) is 0 Å². The first-order valence-electron chi connectivity index (χ1n) is 8.51. The number of phenolic OH excluding ortho intramolecular Hbond substituents is 1. The van der Waals surface area contributed by atoms with Crippen LogP contribution in [0.3, 0.4) is 0 Å². The maximum absolute atomic E-state index is 13.8. The molecule has 1 saturated heterocycles. The van der Waals surface area contributed by atoms with E-state index in [-0.39, 0.29) is 11.8 Å². The van der Waals surface area contributed by atoms with E-state index in [1.165, 1.54) is 12.1 Å². The summed E-state index contributed by atoms with van der Waals surface area (Å²) in [6.45, 7) is 1.00. The Morgan fingerprint density at radius 1 is 1.22 bits per heavy atom. The van der Waals surface area contributed by atoms with E-state index in [9.17, 15) is 14.3 Å². The minimum Gasteiger partial charge on any atom is -0.507 e. The van der Waals surface area contributed by atoms with Crippen LogP contribution in [0.4, 0.5) is 15.0 Å². The van der Waals surface area contributed by atoms with Gasteiger partial charge in [0.2, 0.25) is 0 Å². The molecule has 3 N–H and O–H groups in total. The molecule has 3 aromatic rings. The number of halogens is 1. The topological polar surface area (TPSA) is 98.6 Å². The molecule has 27 heavy (non-hydrogen) atoms. The van der Waals surface area contributed by atoms with E-state index in [0.29, 0.717) is 47.6 Å². The molecule has 4 rings (SSSR count). The summed E-state index contributed by atoms with van der Waals surface area (Å²) in [5, 5.41) is 22.1. The highest BCUT2D eigenvalue weighted by Crippen LogP contribution is 2.33. The number of nitrogens with one attached hydrogen (secondary N) is 1. The molecule has 1 amide bonds. The first-order valence-corrected chi connectivity index (χ1v) is 8.51. The number of nitrogens with zero attached hydrogens (tertiary/aromatic N) is 3. The van der Waals surface area contributed by atoms with E-state index in [4.69, 9.17) is 5.11 Å².